The third-order valence-electron chi connectivity index (χ3n) is 10.6. The summed E-state index contributed by atoms with van der Waals surface area (Å²) in [7, 11) is -0.470. The molecule has 4 amide bonds. The average molecular weight is 745 g/mol. The number of unbranched alkanes of at least 4 members (excludes halogenated alkanes) is 1. The molecule has 12 nitrogen and oxygen atoms in total. The summed E-state index contributed by atoms with van der Waals surface area (Å²) >= 11 is 0. The Bertz CT molecular complexity index is 1570. The molecule has 13 heteroatoms. The predicted molar refractivity (Wildman–Crippen MR) is 212 cm³/mol. The zero-order valence-electron chi connectivity index (χ0n) is 32.9. The number of rotatable bonds is 18. The van der Waals surface area contributed by atoms with E-state index in [9.17, 15) is 19.2 Å². The van der Waals surface area contributed by atoms with E-state index in [0.717, 1.165) is 16.6 Å². The lowest BCUT2D eigenvalue weighted by molar-refractivity contribution is -0.138. The lowest BCUT2D eigenvalue weighted by Crippen LogP contribution is -2.59. The van der Waals surface area contributed by atoms with Crippen LogP contribution in [0.4, 0.5) is 0 Å². The Labute approximate surface area is 321 Å². The zero-order valence-corrected chi connectivity index (χ0v) is 32.9. The quantitative estimate of drug-likeness (QED) is 0.114. The third kappa shape index (κ3) is 12.0. The van der Waals surface area contributed by atoms with Gasteiger partial charge in [-0.15, -0.1) is 0 Å². The number of hydrogen-bond donors (Lipinski definition) is 5. The monoisotopic (exact) mass is 744 g/mol. The fourth-order valence-corrected chi connectivity index (χ4v) is 6.61. The van der Waals surface area contributed by atoms with E-state index in [1.165, 1.54) is 0 Å². The van der Waals surface area contributed by atoms with E-state index < -0.39 is 60.2 Å². The lowest BCUT2D eigenvalue weighted by Gasteiger charge is -2.32. The van der Waals surface area contributed by atoms with Crippen molar-refractivity contribution in [3.63, 3.8) is 0 Å². The van der Waals surface area contributed by atoms with E-state index in [1.54, 1.807) is 4.90 Å². The summed E-state index contributed by atoms with van der Waals surface area (Å²) in [5.41, 5.74) is 13.9. The molecule has 7 N–H and O–H groups in total. The number of carbonyl (C=O) groups excluding carboxylic acids is 4. The van der Waals surface area contributed by atoms with Gasteiger partial charge in [-0.2, -0.15) is 0 Å². The van der Waals surface area contributed by atoms with Crippen molar-refractivity contribution < 1.29 is 28.5 Å². The number of nitrogens with one attached hydrogen (secondary N) is 3. The van der Waals surface area contributed by atoms with E-state index in [-0.39, 0.29) is 18.2 Å². The van der Waals surface area contributed by atoms with E-state index in [4.69, 9.17) is 20.8 Å². The summed E-state index contributed by atoms with van der Waals surface area (Å²) in [5.74, 6) is -1.60. The Balaban J connectivity index is 1.47. The molecule has 0 saturated carbocycles. The molecule has 0 aromatic heterocycles. The fraction of sp³-hybridized carbons (Fsp3) is 0.561. The van der Waals surface area contributed by atoms with Gasteiger partial charge < -0.3 is 41.6 Å². The highest BCUT2D eigenvalue weighted by Crippen LogP contribution is 2.39. The highest BCUT2D eigenvalue weighted by Gasteiger charge is 2.52. The first-order valence-corrected chi connectivity index (χ1v) is 19.4. The number of nitrogens with zero attached hydrogens (tertiary/aromatic N) is 1. The third-order valence-corrected chi connectivity index (χ3v) is 10.6. The van der Waals surface area contributed by atoms with Crippen LogP contribution in [0.25, 0.3) is 0 Å². The minimum absolute atomic E-state index is 0.0366. The van der Waals surface area contributed by atoms with Crippen LogP contribution >= 0.6 is 0 Å². The first-order valence-electron chi connectivity index (χ1n) is 19.4. The molecular formula is C41H61BN6O6. The van der Waals surface area contributed by atoms with Crippen LogP contribution in [-0.4, -0.2) is 90.7 Å². The number of hydrogen-bond acceptors (Lipinski definition) is 8. The van der Waals surface area contributed by atoms with Gasteiger partial charge in [-0.3, -0.25) is 19.2 Å². The van der Waals surface area contributed by atoms with Crippen LogP contribution in [-0.2, 0) is 41.3 Å². The second kappa shape index (κ2) is 19.5. The number of amides is 4. The minimum Gasteiger partial charge on any atom is -0.400 e. The molecule has 0 unspecified atom stereocenters. The summed E-state index contributed by atoms with van der Waals surface area (Å²) in [5, 5.41) is 8.75. The van der Waals surface area contributed by atoms with Gasteiger partial charge in [0.2, 0.25) is 23.6 Å². The normalized spacial score (nSPS) is 18.6. The molecule has 4 atom stereocenters. The molecule has 0 spiro atoms. The van der Waals surface area contributed by atoms with Crippen molar-refractivity contribution in [1.29, 1.82) is 0 Å². The van der Waals surface area contributed by atoms with Gasteiger partial charge >= 0.3 is 7.12 Å². The van der Waals surface area contributed by atoms with Gasteiger partial charge in [0.1, 0.15) is 18.1 Å². The molecule has 0 bridgehead atoms. The van der Waals surface area contributed by atoms with Gasteiger partial charge in [0.25, 0.3) is 0 Å². The van der Waals surface area contributed by atoms with Crippen molar-refractivity contribution in [2.45, 2.75) is 122 Å². The van der Waals surface area contributed by atoms with Crippen molar-refractivity contribution in [3.05, 3.63) is 83.3 Å². The maximum atomic E-state index is 14.0. The van der Waals surface area contributed by atoms with Gasteiger partial charge in [0, 0.05) is 19.5 Å². The van der Waals surface area contributed by atoms with Gasteiger partial charge in [-0.25, -0.2) is 0 Å². The molecular weight excluding hydrogens is 683 g/mol. The number of carbonyl (C=O) groups is 4. The van der Waals surface area contributed by atoms with Crippen LogP contribution in [0.15, 0.2) is 72.2 Å². The molecule has 2 heterocycles. The second-order valence-electron chi connectivity index (χ2n) is 16.0. The van der Waals surface area contributed by atoms with Gasteiger partial charge in [-0.05, 0) is 95.3 Å². The summed E-state index contributed by atoms with van der Waals surface area (Å²) in [6, 6.07) is 15.1. The molecule has 1 fully saturated rings. The largest absolute Gasteiger partial charge is 0.490 e. The summed E-state index contributed by atoms with van der Waals surface area (Å²) in [6.45, 7) is 13.2. The Hall–Kier alpha value is -4.04. The summed E-state index contributed by atoms with van der Waals surface area (Å²) < 4.78 is 12.5. The Kier molecular flexibility index (Phi) is 15.4. The molecule has 4 rings (SSSR count). The van der Waals surface area contributed by atoms with Crippen molar-refractivity contribution in [3.8, 4) is 0 Å². The van der Waals surface area contributed by atoms with Gasteiger partial charge in [0.15, 0.2) is 0 Å². The van der Waals surface area contributed by atoms with Gasteiger partial charge in [-0.1, -0.05) is 80.6 Å². The molecule has 2 aliphatic rings. The molecule has 2 aliphatic heterocycles. The van der Waals surface area contributed by atoms with Crippen molar-refractivity contribution >= 4 is 30.7 Å². The molecule has 0 aliphatic carbocycles. The molecule has 2 aromatic carbocycles. The maximum absolute atomic E-state index is 14.0. The van der Waals surface area contributed by atoms with E-state index in [1.807, 2.05) is 108 Å². The van der Waals surface area contributed by atoms with Crippen LogP contribution in [0.1, 0.15) is 84.8 Å². The number of benzene rings is 2. The molecule has 2 aromatic rings. The second-order valence-corrected chi connectivity index (χ2v) is 16.0. The van der Waals surface area contributed by atoms with Crippen molar-refractivity contribution in [2.24, 2.45) is 17.4 Å². The Morgan fingerprint density at radius 2 is 1.31 bits per heavy atom. The molecule has 54 heavy (non-hydrogen) atoms. The molecule has 1 saturated heterocycles. The van der Waals surface area contributed by atoms with Crippen molar-refractivity contribution in [2.75, 3.05) is 19.6 Å². The summed E-state index contributed by atoms with van der Waals surface area (Å²) in [6.07, 6.45) is 5.14. The first kappa shape index (κ1) is 42.7. The smallest absolute Gasteiger partial charge is 0.400 e. The molecule has 294 valence electrons. The predicted octanol–water partition coefficient (Wildman–Crippen LogP) is 3.22. The summed E-state index contributed by atoms with van der Waals surface area (Å²) in [4.78, 5) is 57.1. The van der Waals surface area contributed by atoms with Crippen LogP contribution in [0.3, 0.4) is 0 Å². The fourth-order valence-electron chi connectivity index (χ4n) is 6.61. The Morgan fingerprint density at radius 3 is 1.85 bits per heavy atom. The maximum Gasteiger partial charge on any atom is 0.490 e. The van der Waals surface area contributed by atoms with E-state index in [2.05, 4.69) is 16.0 Å². The van der Waals surface area contributed by atoms with Crippen LogP contribution in [0.5, 0.6) is 0 Å². The average Bonchev–Trinajstić information content (AvgIpc) is 3.36. The van der Waals surface area contributed by atoms with Crippen LogP contribution in [0, 0.1) is 5.92 Å². The van der Waals surface area contributed by atoms with Crippen molar-refractivity contribution in [1.82, 2.24) is 20.9 Å². The van der Waals surface area contributed by atoms with Gasteiger partial charge in [0.05, 0.1) is 17.2 Å². The lowest BCUT2D eigenvalue weighted by atomic mass is 9.74. The standard InChI is InChI=1S/C41H61BN6O6/c1-28(2)25-34(47-38(51)35(27-30-17-11-8-12-18-30)46-36(49)32(44)26-29-15-9-7-10-16-29)37(50)45-33(19-13-14-22-43)39(52)48-23-20-31(21-24-48)42-53-40(3,4)41(5,6)54-42/h7-12,15-18,20,28,32-35H,13-14,19,21-27,43-44H2,1-6H3,(H,45,50)(H,46,49)(H,47,51)/t32-,33-,34-,35-/m1/s1. The number of nitrogens with two attached hydrogens (primary N) is 2. The highest BCUT2D eigenvalue weighted by atomic mass is 16.7. The van der Waals surface area contributed by atoms with Crippen LogP contribution < -0.4 is 27.4 Å². The Morgan fingerprint density at radius 1 is 0.778 bits per heavy atom. The zero-order chi connectivity index (χ0) is 39.5. The van der Waals surface area contributed by atoms with E-state index >= 15 is 0 Å². The minimum atomic E-state index is -0.996. The SMILES string of the molecule is CC(C)C[C@@H](NC(=O)[C@@H](Cc1ccccc1)NC(=O)[C@H](N)Cc1ccccc1)C(=O)N[C@H](CCCCN)C(=O)N1CC=C(B2OC(C)(C)C(C)(C)O2)CC1. The molecule has 0 radical (unpaired) electrons. The van der Waals surface area contributed by atoms with Crippen LogP contribution in [0.2, 0.25) is 0 Å². The topological polar surface area (TPSA) is 178 Å². The van der Waals surface area contributed by atoms with E-state index in [0.29, 0.717) is 58.2 Å². The highest BCUT2D eigenvalue weighted by molar-refractivity contribution is 6.54. The first-order chi connectivity index (χ1) is 25.6.